The lowest BCUT2D eigenvalue weighted by Gasteiger charge is -2.23. The molecule has 3 aromatic carbocycles. The molecule has 0 aromatic heterocycles. The first-order valence-corrected chi connectivity index (χ1v) is 8.77. The van der Waals surface area contributed by atoms with Crippen molar-refractivity contribution in [2.75, 3.05) is 5.73 Å². The molecule has 0 heterocycles. The van der Waals surface area contributed by atoms with Crippen molar-refractivity contribution in [2.45, 2.75) is 26.2 Å². The quantitative estimate of drug-likeness (QED) is 0.583. The van der Waals surface area contributed by atoms with E-state index in [0.717, 1.165) is 16.9 Å². The number of para-hydroxylation sites is 1. The molecule has 0 spiro atoms. The molecule has 0 saturated heterocycles. The topological polar surface area (TPSA) is 72.5 Å². The van der Waals surface area contributed by atoms with E-state index in [1.54, 1.807) is 30.3 Å². The van der Waals surface area contributed by atoms with Gasteiger partial charge in [0.1, 0.15) is 11.5 Å². The van der Waals surface area contributed by atoms with Gasteiger partial charge in [-0.1, -0.05) is 63.2 Å². The zero-order chi connectivity index (χ0) is 19.6. The van der Waals surface area contributed by atoms with Gasteiger partial charge >= 0.3 is 5.97 Å². The molecular weight excluding hydrogens is 338 g/mol. The predicted molar refractivity (Wildman–Crippen MR) is 108 cm³/mol. The molecule has 0 aliphatic rings. The number of anilines is 1. The van der Waals surface area contributed by atoms with E-state index in [-0.39, 0.29) is 11.0 Å². The van der Waals surface area contributed by atoms with Gasteiger partial charge in [0.2, 0.25) is 0 Å². The van der Waals surface area contributed by atoms with Gasteiger partial charge in [-0.15, -0.1) is 0 Å². The second kappa shape index (κ2) is 7.16. The van der Waals surface area contributed by atoms with E-state index >= 15 is 0 Å². The minimum absolute atomic E-state index is 0.0638. The van der Waals surface area contributed by atoms with Gasteiger partial charge in [-0.05, 0) is 40.8 Å². The molecule has 3 N–H and O–H groups in total. The van der Waals surface area contributed by atoms with Crippen molar-refractivity contribution in [2.24, 2.45) is 0 Å². The van der Waals surface area contributed by atoms with Crippen LogP contribution in [0, 0.1) is 0 Å². The summed E-state index contributed by atoms with van der Waals surface area (Å²) in [7, 11) is 0. The maximum absolute atomic E-state index is 11.5. The molecule has 0 fully saturated rings. The van der Waals surface area contributed by atoms with Gasteiger partial charge in [0.25, 0.3) is 0 Å². The minimum atomic E-state index is -0.969. The van der Waals surface area contributed by atoms with Gasteiger partial charge in [-0.2, -0.15) is 0 Å². The SMILES string of the molecule is CC(C)(C)c1ccccc1Oc1ccc(-c2ccccc2C(=O)O)cc1N. The number of nitrogen functional groups attached to an aromatic ring is 1. The zero-order valence-corrected chi connectivity index (χ0v) is 15.7. The molecular formula is C23H23NO3. The van der Waals surface area contributed by atoms with Gasteiger partial charge < -0.3 is 15.6 Å². The monoisotopic (exact) mass is 361 g/mol. The number of hydrogen-bond donors (Lipinski definition) is 2. The molecule has 3 rings (SSSR count). The number of carboxylic acid groups (broad SMARTS) is 1. The Balaban J connectivity index is 1.97. The smallest absolute Gasteiger partial charge is 0.336 e. The summed E-state index contributed by atoms with van der Waals surface area (Å²) in [6.07, 6.45) is 0. The molecule has 0 amide bonds. The molecule has 0 saturated carbocycles. The Bertz CT molecular complexity index is 987. The molecule has 4 nitrogen and oxygen atoms in total. The van der Waals surface area contributed by atoms with Crippen LogP contribution in [0.2, 0.25) is 0 Å². The molecule has 0 unspecified atom stereocenters. The third-order valence-electron chi connectivity index (χ3n) is 4.39. The van der Waals surface area contributed by atoms with Crippen molar-refractivity contribution in [3.63, 3.8) is 0 Å². The van der Waals surface area contributed by atoms with E-state index < -0.39 is 5.97 Å². The molecule has 0 aliphatic heterocycles. The molecule has 0 atom stereocenters. The third-order valence-corrected chi connectivity index (χ3v) is 4.39. The van der Waals surface area contributed by atoms with E-state index in [1.807, 2.05) is 36.4 Å². The van der Waals surface area contributed by atoms with Crippen LogP contribution in [0.15, 0.2) is 66.7 Å². The fraction of sp³-hybridized carbons (Fsp3) is 0.174. The minimum Gasteiger partial charge on any atom is -0.478 e. The van der Waals surface area contributed by atoms with Crippen LogP contribution in [0.5, 0.6) is 11.5 Å². The molecule has 0 radical (unpaired) electrons. The van der Waals surface area contributed by atoms with Crippen LogP contribution in [0.3, 0.4) is 0 Å². The first kappa shape index (κ1) is 18.5. The molecule has 4 heteroatoms. The number of carboxylic acids is 1. The maximum atomic E-state index is 11.5. The van der Waals surface area contributed by atoms with Crippen LogP contribution in [0.1, 0.15) is 36.7 Å². The van der Waals surface area contributed by atoms with Crippen molar-refractivity contribution < 1.29 is 14.6 Å². The Morgan fingerprint density at radius 2 is 1.59 bits per heavy atom. The van der Waals surface area contributed by atoms with Crippen molar-refractivity contribution >= 4 is 11.7 Å². The molecule has 138 valence electrons. The normalized spacial score (nSPS) is 11.2. The largest absolute Gasteiger partial charge is 0.478 e. The summed E-state index contributed by atoms with van der Waals surface area (Å²) in [5, 5.41) is 9.40. The maximum Gasteiger partial charge on any atom is 0.336 e. The van der Waals surface area contributed by atoms with Gasteiger partial charge in [-0.25, -0.2) is 4.79 Å². The number of ether oxygens (including phenoxy) is 1. The molecule has 3 aromatic rings. The van der Waals surface area contributed by atoms with E-state index in [9.17, 15) is 9.90 Å². The van der Waals surface area contributed by atoms with Crippen LogP contribution in [0.4, 0.5) is 5.69 Å². The summed E-state index contributed by atoms with van der Waals surface area (Å²) in [6, 6.07) is 20.1. The molecule has 27 heavy (non-hydrogen) atoms. The summed E-state index contributed by atoms with van der Waals surface area (Å²) in [5.74, 6) is 0.335. The van der Waals surface area contributed by atoms with Crippen molar-refractivity contribution in [3.05, 3.63) is 77.9 Å². The lowest BCUT2D eigenvalue weighted by atomic mass is 9.86. The average molecular weight is 361 g/mol. The highest BCUT2D eigenvalue weighted by Gasteiger charge is 2.19. The first-order chi connectivity index (χ1) is 12.8. The number of aromatic carboxylic acids is 1. The Morgan fingerprint density at radius 1 is 0.926 bits per heavy atom. The Kier molecular flexibility index (Phi) is 4.91. The van der Waals surface area contributed by atoms with E-state index in [0.29, 0.717) is 17.0 Å². The van der Waals surface area contributed by atoms with Gasteiger partial charge in [-0.3, -0.25) is 0 Å². The second-order valence-electron chi connectivity index (χ2n) is 7.45. The van der Waals surface area contributed by atoms with Crippen LogP contribution >= 0.6 is 0 Å². The van der Waals surface area contributed by atoms with Crippen molar-refractivity contribution in [3.8, 4) is 22.6 Å². The Labute approximate surface area is 159 Å². The lowest BCUT2D eigenvalue weighted by molar-refractivity contribution is 0.0697. The molecule has 0 bridgehead atoms. The second-order valence-corrected chi connectivity index (χ2v) is 7.45. The number of nitrogens with two attached hydrogens (primary N) is 1. The predicted octanol–water partition coefficient (Wildman–Crippen LogP) is 5.72. The van der Waals surface area contributed by atoms with Crippen molar-refractivity contribution in [1.29, 1.82) is 0 Å². The highest BCUT2D eigenvalue weighted by atomic mass is 16.5. The highest BCUT2D eigenvalue weighted by molar-refractivity contribution is 5.96. The number of benzene rings is 3. The fourth-order valence-electron chi connectivity index (χ4n) is 3.02. The van der Waals surface area contributed by atoms with Gasteiger partial charge in [0.15, 0.2) is 0 Å². The fourth-order valence-corrected chi connectivity index (χ4v) is 3.02. The number of carbonyl (C=O) groups is 1. The summed E-state index contributed by atoms with van der Waals surface area (Å²) < 4.78 is 6.09. The van der Waals surface area contributed by atoms with Gasteiger partial charge in [0.05, 0.1) is 11.3 Å². The van der Waals surface area contributed by atoms with E-state index in [4.69, 9.17) is 10.5 Å². The van der Waals surface area contributed by atoms with Crippen LogP contribution in [-0.4, -0.2) is 11.1 Å². The van der Waals surface area contributed by atoms with Crippen molar-refractivity contribution in [1.82, 2.24) is 0 Å². The standard InChI is InChI=1S/C23H23NO3/c1-23(2,3)18-10-6-7-11-20(18)27-21-13-12-15(14-19(21)24)16-8-4-5-9-17(16)22(25)26/h4-14H,24H2,1-3H3,(H,25,26). The van der Waals surface area contributed by atoms with E-state index in [2.05, 4.69) is 20.8 Å². The first-order valence-electron chi connectivity index (χ1n) is 8.77. The van der Waals surface area contributed by atoms with Gasteiger partial charge in [0, 0.05) is 5.56 Å². The van der Waals surface area contributed by atoms with E-state index in [1.165, 1.54) is 0 Å². The Hall–Kier alpha value is -3.27. The number of hydrogen-bond acceptors (Lipinski definition) is 3. The number of rotatable bonds is 4. The lowest BCUT2D eigenvalue weighted by Crippen LogP contribution is -2.12. The molecule has 0 aliphatic carbocycles. The van der Waals surface area contributed by atoms with Crippen LogP contribution in [0.25, 0.3) is 11.1 Å². The summed E-state index contributed by atoms with van der Waals surface area (Å²) in [4.78, 5) is 11.5. The summed E-state index contributed by atoms with van der Waals surface area (Å²) >= 11 is 0. The van der Waals surface area contributed by atoms with Crippen LogP contribution in [-0.2, 0) is 5.41 Å². The van der Waals surface area contributed by atoms with Crippen LogP contribution < -0.4 is 10.5 Å². The summed E-state index contributed by atoms with van der Waals surface area (Å²) in [5.41, 5.74) is 9.30. The Morgan fingerprint density at radius 3 is 2.26 bits per heavy atom. The highest BCUT2D eigenvalue weighted by Crippen LogP contribution is 2.37. The third kappa shape index (κ3) is 3.95. The zero-order valence-electron chi connectivity index (χ0n) is 15.7. The summed E-state index contributed by atoms with van der Waals surface area (Å²) in [6.45, 7) is 6.39. The average Bonchev–Trinajstić information content (AvgIpc) is 2.63.